The molecule has 0 aliphatic rings. The van der Waals surface area contributed by atoms with E-state index in [0.717, 1.165) is 0 Å². The van der Waals surface area contributed by atoms with Crippen LogP contribution in [0.4, 0.5) is 0 Å². The van der Waals surface area contributed by atoms with E-state index in [-0.39, 0.29) is 32.7 Å². The van der Waals surface area contributed by atoms with Crippen LogP contribution < -0.4 is 0 Å². The molecule has 0 spiro atoms. The summed E-state index contributed by atoms with van der Waals surface area (Å²) in [5.41, 5.74) is 5.11. The molecule has 2 rings (SSSR count). The topological polar surface area (TPSA) is 0 Å². The summed E-state index contributed by atoms with van der Waals surface area (Å²) in [6.07, 6.45) is 0. The maximum atomic E-state index is 3.10. The summed E-state index contributed by atoms with van der Waals surface area (Å²) < 4.78 is 0. The molecule has 17 heavy (non-hydrogen) atoms. The van der Waals surface area contributed by atoms with E-state index in [1.807, 2.05) is 24.3 Å². The number of benzene rings is 2. The molecule has 0 unspecified atom stereocenters. The van der Waals surface area contributed by atoms with Crippen LogP contribution in [0.15, 0.2) is 36.4 Å². The molecule has 0 N–H and O–H groups in total. The van der Waals surface area contributed by atoms with Crippen LogP contribution in [0.25, 0.3) is 0 Å². The Hall–Kier alpha value is -0.456. The van der Waals surface area contributed by atoms with Crippen molar-refractivity contribution in [1.29, 1.82) is 0 Å². The van der Waals surface area contributed by atoms with Crippen LogP contribution in [0, 0.1) is 39.8 Å². The fourth-order valence-corrected chi connectivity index (χ4v) is 1.21. The monoisotopic (exact) mass is 299 g/mol. The van der Waals surface area contributed by atoms with Gasteiger partial charge in [0.15, 0.2) is 0 Å². The first-order chi connectivity index (χ1) is 7.61. The average molecular weight is 299 g/mol. The van der Waals surface area contributed by atoms with Crippen molar-refractivity contribution in [2.45, 2.75) is 27.7 Å². The quantitative estimate of drug-likeness (QED) is 0.639. The fourth-order valence-electron chi connectivity index (χ4n) is 1.21. The molecule has 0 heterocycles. The second-order valence-corrected chi connectivity index (χ2v) is 3.96. The Morgan fingerprint density at radius 1 is 0.706 bits per heavy atom. The van der Waals surface area contributed by atoms with E-state index in [4.69, 9.17) is 0 Å². The molecule has 1 heteroatoms. The minimum atomic E-state index is 0. The third-order valence-corrected chi connectivity index (χ3v) is 2.67. The Labute approximate surface area is 130 Å². The van der Waals surface area contributed by atoms with Crippen molar-refractivity contribution in [3.8, 4) is 0 Å². The van der Waals surface area contributed by atoms with Crippen molar-refractivity contribution in [2.75, 3.05) is 0 Å². The summed E-state index contributed by atoms with van der Waals surface area (Å²) in [5.74, 6) is 0. The van der Waals surface area contributed by atoms with Crippen LogP contribution in [-0.2, 0) is 32.7 Å². The zero-order chi connectivity index (χ0) is 12.0. The van der Waals surface area contributed by atoms with E-state index in [1.165, 1.54) is 22.3 Å². The Morgan fingerprint density at radius 2 is 1.06 bits per heavy atom. The van der Waals surface area contributed by atoms with Crippen molar-refractivity contribution < 1.29 is 32.7 Å². The standard InChI is InChI=1S/2C8H9.Y/c2*1-7-5-3-4-6-8(7)2;/h2*3-5H,1-2H3;/q2*-1;+3. The van der Waals surface area contributed by atoms with Crippen LogP contribution in [0.3, 0.4) is 0 Å². The Balaban J connectivity index is 0.000000284. The SMILES string of the molecule is Cc1[c-]cccc1C.Cc1[c-]cccc1C.[Y+3]. The van der Waals surface area contributed by atoms with E-state index in [0.29, 0.717) is 0 Å². The van der Waals surface area contributed by atoms with Crippen LogP contribution in [0.2, 0.25) is 0 Å². The first kappa shape index (κ1) is 16.5. The van der Waals surface area contributed by atoms with Crippen molar-refractivity contribution in [1.82, 2.24) is 0 Å². The Bertz CT molecular complexity index is 361. The van der Waals surface area contributed by atoms with E-state index in [9.17, 15) is 0 Å². The normalized spacial score (nSPS) is 8.71. The van der Waals surface area contributed by atoms with Crippen LogP contribution >= 0.6 is 0 Å². The van der Waals surface area contributed by atoms with Gasteiger partial charge in [0.05, 0.1) is 0 Å². The molecule has 0 saturated carbocycles. The zero-order valence-corrected chi connectivity index (χ0v) is 13.9. The number of aryl methyl sites for hydroxylation is 4. The molecule has 2 aromatic rings. The number of hydrogen-bond acceptors (Lipinski definition) is 0. The molecular weight excluding hydrogens is 281 g/mol. The van der Waals surface area contributed by atoms with Crippen LogP contribution in [0.5, 0.6) is 0 Å². The zero-order valence-electron chi connectivity index (χ0n) is 11.0. The van der Waals surface area contributed by atoms with Crippen molar-refractivity contribution in [3.05, 3.63) is 70.8 Å². The summed E-state index contributed by atoms with van der Waals surface area (Å²) in [5, 5.41) is 0. The van der Waals surface area contributed by atoms with Crippen molar-refractivity contribution >= 4 is 0 Å². The fraction of sp³-hybridized carbons (Fsp3) is 0.250. The largest absolute Gasteiger partial charge is 3.00 e. The van der Waals surface area contributed by atoms with Gasteiger partial charge in [-0.15, -0.1) is 0 Å². The molecule has 84 valence electrons. The summed E-state index contributed by atoms with van der Waals surface area (Å²) in [6.45, 7) is 8.31. The minimum Gasteiger partial charge on any atom is -0.180 e. The molecule has 0 radical (unpaired) electrons. The van der Waals surface area contributed by atoms with E-state index < -0.39 is 0 Å². The molecule has 0 fully saturated rings. The molecule has 2 aromatic carbocycles. The predicted octanol–water partition coefficient (Wildman–Crippen LogP) is 4.20. The van der Waals surface area contributed by atoms with Crippen LogP contribution in [-0.4, -0.2) is 0 Å². The molecule has 0 amide bonds. The third kappa shape index (κ3) is 6.14. The summed E-state index contributed by atoms with van der Waals surface area (Å²) in [6, 6.07) is 18.2. The van der Waals surface area contributed by atoms with Gasteiger partial charge in [-0.2, -0.15) is 70.8 Å². The molecular formula is C16H18Y+. The van der Waals surface area contributed by atoms with E-state index in [2.05, 4.69) is 52.0 Å². The summed E-state index contributed by atoms with van der Waals surface area (Å²) >= 11 is 0. The first-order valence-electron chi connectivity index (χ1n) is 5.49. The maximum absolute atomic E-state index is 3.10. The smallest absolute Gasteiger partial charge is 0.180 e. The molecule has 0 aromatic heterocycles. The van der Waals surface area contributed by atoms with Crippen molar-refractivity contribution in [3.63, 3.8) is 0 Å². The van der Waals surface area contributed by atoms with Gasteiger partial charge in [0.25, 0.3) is 0 Å². The number of rotatable bonds is 0. The maximum Gasteiger partial charge on any atom is 3.00 e. The predicted molar refractivity (Wildman–Crippen MR) is 69.5 cm³/mol. The minimum absolute atomic E-state index is 0. The van der Waals surface area contributed by atoms with Gasteiger partial charge < -0.3 is 0 Å². The van der Waals surface area contributed by atoms with Gasteiger partial charge >= 0.3 is 32.7 Å². The van der Waals surface area contributed by atoms with E-state index in [1.54, 1.807) is 0 Å². The van der Waals surface area contributed by atoms with Crippen LogP contribution in [0.1, 0.15) is 22.3 Å². The molecule has 0 bridgehead atoms. The second-order valence-electron chi connectivity index (χ2n) is 3.96. The van der Waals surface area contributed by atoms with Gasteiger partial charge in [-0.25, -0.2) is 0 Å². The molecule has 0 aliphatic carbocycles. The Kier molecular flexibility index (Phi) is 8.38. The second kappa shape index (κ2) is 8.61. The van der Waals surface area contributed by atoms with Gasteiger partial charge in [-0.1, -0.05) is 27.7 Å². The van der Waals surface area contributed by atoms with Gasteiger partial charge in [-0.3, -0.25) is 0 Å². The molecule has 0 nitrogen and oxygen atoms in total. The van der Waals surface area contributed by atoms with Gasteiger partial charge in [0.1, 0.15) is 0 Å². The molecule has 0 saturated heterocycles. The molecule has 0 aliphatic heterocycles. The first-order valence-corrected chi connectivity index (χ1v) is 5.49. The average Bonchev–Trinajstić information content (AvgIpc) is 2.28. The summed E-state index contributed by atoms with van der Waals surface area (Å²) in [7, 11) is 0. The third-order valence-electron chi connectivity index (χ3n) is 2.67. The summed E-state index contributed by atoms with van der Waals surface area (Å²) in [4.78, 5) is 0. The van der Waals surface area contributed by atoms with E-state index >= 15 is 0 Å². The van der Waals surface area contributed by atoms with Gasteiger partial charge in [0.2, 0.25) is 0 Å². The van der Waals surface area contributed by atoms with Gasteiger partial charge in [-0.05, 0) is 0 Å². The van der Waals surface area contributed by atoms with Crippen molar-refractivity contribution in [2.24, 2.45) is 0 Å². The van der Waals surface area contributed by atoms with Gasteiger partial charge in [0, 0.05) is 0 Å². The number of hydrogen-bond donors (Lipinski definition) is 0. The Morgan fingerprint density at radius 3 is 1.24 bits per heavy atom. The molecule has 0 atom stereocenters.